The monoisotopic (exact) mass is 292 g/mol. The van der Waals surface area contributed by atoms with Crippen LogP contribution in [-0.4, -0.2) is 15.6 Å². The molecule has 2 aromatic rings. The van der Waals surface area contributed by atoms with Crippen LogP contribution in [0.1, 0.15) is 23.9 Å². The number of nitrogens with zero attached hydrogens (tertiary/aromatic N) is 2. The number of benzene rings is 1. The molecule has 1 heterocycles. The van der Waals surface area contributed by atoms with Crippen LogP contribution >= 0.6 is 11.6 Å². The summed E-state index contributed by atoms with van der Waals surface area (Å²) in [5.41, 5.74) is 8.04. The van der Waals surface area contributed by atoms with Crippen molar-refractivity contribution >= 4 is 17.4 Å². The van der Waals surface area contributed by atoms with Gasteiger partial charge in [-0.15, -0.1) is 0 Å². The van der Waals surface area contributed by atoms with Crippen LogP contribution in [-0.2, 0) is 20.1 Å². The summed E-state index contributed by atoms with van der Waals surface area (Å²) in [4.78, 5) is 0. The summed E-state index contributed by atoms with van der Waals surface area (Å²) in [5, 5.41) is 12.4. The predicted octanol–water partition coefficient (Wildman–Crippen LogP) is 2.50. The molecule has 0 saturated carbocycles. The minimum Gasteiger partial charge on any atom is -0.486 e. The summed E-state index contributed by atoms with van der Waals surface area (Å²) in [7, 11) is 1.88. The minimum absolute atomic E-state index is 0.0454. The number of rotatable bonds is 5. The first-order valence-corrected chi connectivity index (χ1v) is 6.67. The Morgan fingerprint density at radius 3 is 2.80 bits per heavy atom. The normalized spacial score (nSPS) is 10.6. The van der Waals surface area contributed by atoms with Crippen LogP contribution in [0.5, 0.6) is 5.75 Å². The standard InChI is InChI=1S/C14H17ClN4O/c1-3-10-7-11(19(2)18-10)8-20-13-6-9(15)4-5-12(13)14(16)17/h4-7H,3,8H2,1-2H3,(H3,16,17). The molecule has 5 nitrogen and oxygen atoms in total. The Morgan fingerprint density at radius 1 is 1.45 bits per heavy atom. The maximum atomic E-state index is 7.54. The van der Waals surface area contributed by atoms with E-state index >= 15 is 0 Å². The summed E-state index contributed by atoms with van der Waals surface area (Å²) in [6.45, 7) is 2.40. The molecule has 106 valence electrons. The van der Waals surface area contributed by atoms with Crippen molar-refractivity contribution in [3.8, 4) is 5.75 Å². The first-order chi connectivity index (χ1) is 9.51. The Kier molecular flexibility index (Phi) is 4.29. The Labute approximate surface area is 122 Å². The van der Waals surface area contributed by atoms with E-state index in [1.807, 2.05) is 13.1 Å². The number of aromatic nitrogens is 2. The van der Waals surface area contributed by atoms with Crippen molar-refractivity contribution in [3.63, 3.8) is 0 Å². The molecule has 0 saturated heterocycles. The molecule has 0 bridgehead atoms. The summed E-state index contributed by atoms with van der Waals surface area (Å²) in [6.07, 6.45) is 0.879. The highest BCUT2D eigenvalue weighted by Gasteiger charge is 2.10. The molecule has 0 spiro atoms. The number of hydrogen-bond acceptors (Lipinski definition) is 3. The van der Waals surface area contributed by atoms with Gasteiger partial charge in [-0.1, -0.05) is 18.5 Å². The van der Waals surface area contributed by atoms with Gasteiger partial charge in [0.2, 0.25) is 0 Å². The fourth-order valence-corrected chi connectivity index (χ4v) is 2.03. The van der Waals surface area contributed by atoms with E-state index in [-0.39, 0.29) is 5.84 Å². The van der Waals surface area contributed by atoms with Gasteiger partial charge in [-0.05, 0) is 30.7 Å². The molecule has 3 N–H and O–H groups in total. The lowest BCUT2D eigenvalue weighted by Gasteiger charge is -2.11. The van der Waals surface area contributed by atoms with Crippen LogP contribution in [0.2, 0.25) is 5.02 Å². The molecular formula is C14H17ClN4O. The van der Waals surface area contributed by atoms with Gasteiger partial charge in [0.1, 0.15) is 18.2 Å². The maximum Gasteiger partial charge on any atom is 0.132 e. The van der Waals surface area contributed by atoms with Crippen LogP contribution in [0.3, 0.4) is 0 Å². The summed E-state index contributed by atoms with van der Waals surface area (Å²) < 4.78 is 7.53. The van der Waals surface area contributed by atoms with Crippen molar-refractivity contribution in [2.45, 2.75) is 20.0 Å². The lowest BCUT2D eigenvalue weighted by Crippen LogP contribution is -2.13. The molecule has 0 aliphatic rings. The van der Waals surface area contributed by atoms with Gasteiger partial charge in [0.15, 0.2) is 0 Å². The number of amidine groups is 1. The second-order valence-corrected chi connectivity index (χ2v) is 4.88. The van der Waals surface area contributed by atoms with E-state index in [9.17, 15) is 0 Å². The number of halogens is 1. The van der Waals surface area contributed by atoms with Crippen molar-refractivity contribution in [2.24, 2.45) is 12.8 Å². The van der Waals surface area contributed by atoms with Gasteiger partial charge in [0, 0.05) is 12.1 Å². The van der Waals surface area contributed by atoms with Crippen molar-refractivity contribution in [1.82, 2.24) is 9.78 Å². The molecule has 0 aliphatic heterocycles. The summed E-state index contributed by atoms with van der Waals surface area (Å²) in [5.74, 6) is 0.458. The molecule has 0 amide bonds. The molecule has 0 atom stereocenters. The van der Waals surface area contributed by atoms with E-state index < -0.39 is 0 Å². The fraction of sp³-hybridized carbons (Fsp3) is 0.286. The Morgan fingerprint density at radius 2 is 2.20 bits per heavy atom. The van der Waals surface area contributed by atoms with Gasteiger partial charge < -0.3 is 10.5 Å². The average Bonchev–Trinajstić information content (AvgIpc) is 2.76. The van der Waals surface area contributed by atoms with Crippen molar-refractivity contribution < 1.29 is 4.74 Å². The van der Waals surface area contributed by atoms with Gasteiger partial charge in [-0.2, -0.15) is 5.10 Å². The quantitative estimate of drug-likeness (QED) is 0.656. The zero-order chi connectivity index (χ0) is 14.7. The third kappa shape index (κ3) is 3.11. The zero-order valence-corrected chi connectivity index (χ0v) is 12.2. The third-order valence-electron chi connectivity index (χ3n) is 3.00. The summed E-state index contributed by atoms with van der Waals surface area (Å²) >= 11 is 5.95. The van der Waals surface area contributed by atoms with E-state index in [0.29, 0.717) is 22.9 Å². The second kappa shape index (κ2) is 5.96. The predicted molar refractivity (Wildman–Crippen MR) is 79.4 cm³/mol. The molecule has 1 aromatic heterocycles. The molecule has 6 heteroatoms. The largest absolute Gasteiger partial charge is 0.486 e. The van der Waals surface area contributed by atoms with Crippen LogP contribution in [0.4, 0.5) is 0 Å². The number of aryl methyl sites for hydroxylation is 2. The number of nitrogen functional groups attached to an aromatic ring is 1. The highest BCUT2D eigenvalue weighted by molar-refractivity contribution is 6.30. The highest BCUT2D eigenvalue weighted by atomic mass is 35.5. The zero-order valence-electron chi connectivity index (χ0n) is 11.5. The van der Waals surface area contributed by atoms with Gasteiger partial charge in [0.25, 0.3) is 0 Å². The lowest BCUT2D eigenvalue weighted by atomic mass is 10.2. The van der Waals surface area contributed by atoms with Gasteiger partial charge >= 0.3 is 0 Å². The number of nitrogens with two attached hydrogens (primary N) is 1. The average molecular weight is 293 g/mol. The van der Waals surface area contributed by atoms with E-state index in [0.717, 1.165) is 17.8 Å². The number of hydrogen-bond donors (Lipinski definition) is 2. The smallest absolute Gasteiger partial charge is 0.132 e. The van der Waals surface area contributed by atoms with Gasteiger partial charge in [-0.3, -0.25) is 10.1 Å². The SMILES string of the molecule is CCc1cc(COc2cc(Cl)ccc2C(=N)N)n(C)n1. The summed E-state index contributed by atoms with van der Waals surface area (Å²) in [6, 6.07) is 7.03. The van der Waals surface area contributed by atoms with E-state index in [4.69, 9.17) is 27.5 Å². The third-order valence-corrected chi connectivity index (χ3v) is 3.23. The van der Waals surface area contributed by atoms with E-state index in [2.05, 4.69) is 12.0 Å². The molecular weight excluding hydrogens is 276 g/mol. The molecule has 0 radical (unpaired) electrons. The Bertz CT molecular complexity index is 636. The van der Waals surface area contributed by atoms with Gasteiger partial charge in [-0.25, -0.2) is 0 Å². The number of ether oxygens (including phenoxy) is 1. The van der Waals surface area contributed by atoms with E-state index in [1.54, 1.807) is 22.9 Å². The maximum absolute atomic E-state index is 7.54. The molecule has 0 unspecified atom stereocenters. The van der Waals surface area contributed by atoms with Crippen LogP contribution in [0.25, 0.3) is 0 Å². The second-order valence-electron chi connectivity index (χ2n) is 4.45. The van der Waals surface area contributed by atoms with E-state index in [1.165, 1.54) is 0 Å². The van der Waals surface area contributed by atoms with Crippen LogP contribution in [0, 0.1) is 5.41 Å². The van der Waals surface area contributed by atoms with Crippen LogP contribution in [0.15, 0.2) is 24.3 Å². The lowest BCUT2D eigenvalue weighted by molar-refractivity contribution is 0.294. The Hall–Kier alpha value is -2.01. The first-order valence-electron chi connectivity index (χ1n) is 6.29. The molecule has 2 rings (SSSR count). The molecule has 20 heavy (non-hydrogen) atoms. The van der Waals surface area contributed by atoms with Gasteiger partial charge in [0.05, 0.1) is 17.0 Å². The molecule has 1 aromatic carbocycles. The molecule has 0 fully saturated rings. The van der Waals surface area contributed by atoms with Crippen molar-refractivity contribution in [3.05, 3.63) is 46.2 Å². The first kappa shape index (κ1) is 14.4. The topological polar surface area (TPSA) is 76.9 Å². The Balaban J connectivity index is 2.19. The number of nitrogens with one attached hydrogen (secondary N) is 1. The highest BCUT2D eigenvalue weighted by Crippen LogP contribution is 2.24. The van der Waals surface area contributed by atoms with Crippen molar-refractivity contribution in [1.29, 1.82) is 5.41 Å². The fourth-order valence-electron chi connectivity index (χ4n) is 1.87. The van der Waals surface area contributed by atoms with Crippen molar-refractivity contribution in [2.75, 3.05) is 0 Å². The van der Waals surface area contributed by atoms with Crippen LogP contribution < -0.4 is 10.5 Å². The molecule has 0 aliphatic carbocycles. The minimum atomic E-state index is -0.0454.